The van der Waals surface area contributed by atoms with Crippen LogP contribution in [0.1, 0.15) is 38.5 Å². The summed E-state index contributed by atoms with van der Waals surface area (Å²) in [5, 5.41) is 5.98. The van der Waals surface area contributed by atoms with Crippen LogP contribution in [0.3, 0.4) is 0 Å². The van der Waals surface area contributed by atoms with Gasteiger partial charge in [-0.25, -0.2) is 4.39 Å². The third-order valence-electron chi connectivity index (χ3n) is 5.00. The van der Waals surface area contributed by atoms with Crippen molar-refractivity contribution in [3.8, 4) is 5.75 Å². The van der Waals surface area contributed by atoms with Crippen molar-refractivity contribution in [1.29, 1.82) is 0 Å². The lowest BCUT2D eigenvalue weighted by Gasteiger charge is -2.34. The number of methoxy groups -OCH3 is 1. The molecule has 1 saturated carbocycles. The molecule has 1 amide bonds. The predicted octanol–water partition coefficient (Wildman–Crippen LogP) is 2.85. The Balaban J connectivity index is 1.66. The number of amides is 1. The average molecular weight is 336 g/mol. The molecule has 0 atom stereocenters. The summed E-state index contributed by atoms with van der Waals surface area (Å²) in [5.74, 6) is -0.421. The SMILES string of the molecule is COC1(C(=O)Nc2ccc(OC3CCCC3)c(F)c2)CCNCC1. The van der Waals surface area contributed by atoms with E-state index in [1.807, 2.05) is 0 Å². The van der Waals surface area contributed by atoms with E-state index in [-0.39, 0.29) is 17.8 Å². The quantitative estimate of drug-likeness (QED) is 0.868. The molecule has 0 radical (unpaired) electrons. The molecule has 132 valence electrons. The van der Waals surface area contributed by atoms with E-state index in [0.717, 1.165) is 38.8 Å². The molecular formula is C18H25FN2O3. The summed E-state index contributed by atoms with van der Waals surface area (Å²) >= 11 is 0. The molecule has 0 unspecified atom stereocenters. The highest BCUT2D eigenvalue weighted by atomic mass is 19.1. The molecule has 1 aromatic rings. The van der Waals surface area contributed by atoms with Crippen molar-refractivity contribution in [2.45, 2.75) is 50.2 Å². The van der Waals surface area contributed by atoms with Crippen LogP contribution in [0.15, 0.2) is 18.2 Å². The number of hydrogen-bond donors (Lipinski definition) is 2. The summed E-state index contributed by atoms with van der Waals surface area (Å²) in [5.41, 5.74) is -0.424. The van der Waals surface area contributed by atoms with Crippen LogP contribution in [-0.4, -0.2) is 37.8 Å². The van der Waals surface area contributed by atoms with Crippen LogP contribution in [0.2, 0.25) is 0 Å². The Morgan fingerprint density at radius 3 is 2.62 bits per heavy atom. The topological polar surface area (TPSA) is 59.6 Å². The Hall–Kier alpha value is -1.66. The Morgan fingerprint density at radius 2 is 2.00 bits per heavy atom. The van der Waals surface area contributed by atoms with Gasteiger partial charge >= 0.3 is 0 Å². The van der Waals surface area contributed by atoms with Gasteiger partial charge in [0.1, 0.15) is 5.60 Å². The normalized spacial score (nSPS) is 20.8. The summed E-state index contributed by atoms with van der Waals surface area (Å²) in [4.78, 5) is 12.6. The van der Waals surface area contributed by atoms with Crippen LogP contribution in [0.5, 0.6) is 5.75 Å². The maximum atomic E-state index is 14.3. The standard InChI is InChI=1S/C18H25FN2O3/c1-23-18(8-10-20-11-9-18)17(22)21-13-6-7-16(15(19)12-13)24-14-4-2-3-5-14/h6-7,12,14,20H,2-5,8-11H2,1H3,(H,21,22). The highest BCUT2D eigenvalue weighted by Crippen LogP contribution is 2.29. The van der Waals surface area contributed by atoms with E-state index in [4.69, 9.17) is 9.47 Å². The minimum Gasteiger partial charge on any atom is -0.487 e. The van der Waals surface area contributed by atoms with Crippen LogP contribution in [0.25, 0.3) is 0 Å². The number of benzene rings is 1. The molecule has 1 heterocycles. The second kappa shape index (κ2) is 7.49. The molecular weight excluding hydrogens is 311 g/mol. The number of carbonyl (C=O) groups excluding carboxylic acids is 1. The summed E-state index contributed by atoms with van der Waals surface area (Å²) in [7, 11) is 1.55. The predicted molar refractivity (Wildman–Crippen MR) is 89.8 cm³/mol. The molecule has 5 nitrogen and oxygen atoms in total. The molecule has 0 bridgehead atoms. The van der Waals surface area contributed by atoms with Gasteiger partial charge in [-0.2, -0.15) is 0 Å². The number of ether oxygens (including phenoxy) is 2. The van der Waals surface area contributed by atoms with Crippen molar-refractivity contribution in [3.05, 3.63) is 24.0 Å². The average Bonchev–Trinajstić information content (AvgIpc) is 3.11. The van der Waals surface area contributed by atoms with Crippen molar-refractivity contribution >= 4 is 11.6 Å². The largest absolute Gasteiger partial charge is 0.487 e. The molecule has 1 saturated heterocycles. The number of halogens is 1. The number of carbonyl (C=O) groups is 1. The van der Waals surface area contributed by atoms with Crippen molar-refractivity contribution in [1.82, 2.24) is 5.32 Å². The Bertz CT molecular complexity index is 582. The second-order valence-corrected chi connectivity index (χ2v) is 6.57. The highest BCUT2D eigenvalue weighted by molar-refractivity contribution is 5.97. The molecule has 24 heavy (non-hydrogen) atoms. The van der Waals surface area contributed by atoms with Crippen molar-refractivity contribution in [3.63, 3.8) is 0 Å². The number of rotatable bonds is 5. The fourth-order valence-electron chi connectivity index (χ4n) is 3.46. The van der Waals surface area contributed by atoms with E-state index in [2.05, 4.69) is 10.6 Å². The molecule has 6 heteroatoms. The van der Waals surface area contributed by atoms with Crippen molar-refractivity contribution in [2.24, 2.45) is 0 Å². The molecule has 2 N–H and O–H groups in total. The zero-order valence-corrected chi connectivity index (χ0v) is 14.1. The van der Waals surface area contributed by atoms with E-state index >= 15 is 0 Å². The van der Waals surface area contributed by atoms with Crippen LogP contribution < -0.4 is 15.4 Å². The lowest BCUT2D eigenvalue weighted by molar-refractivity contribution is -0.140. The smallest absolute Gasteiger partial charge is 0.256 e. The van der Waals surface area contributed by atoms with Crippen LogP contribution >= 0.6 is 0 Å². The summed E-state index contributed by atoms with van der Waals surface area (Å²) in [6.45, 7) is 1.45. The third kappa shape index (κ3) is 3.70. The van der Waals surface area contributed by atoms with Crippen molar-refractivity contribution < 1.29 is 18.7 Å². The highest BCUT2D eigenvalue weighted by Gasteiger charge is 2.39. The Kier molecular flexibility index (Phi) is 5.36. The Labute approximate surface area is 141 Å². The monoisotopic (exact) mass is 336 g/mol. The fourth-order valence-corrected chi connectivity index (χ4v) is 3.46. The van der Waals surface area contributed by atoms with E-state index in [1.54, 1.807) is 19.2 Å². The lowest BCUT2D eigenvalue weighted by Crippen LogP contribution is -2.51. The van der Waals surface area contributed by atoms with Crippen LogP contribution in [0, 0.1) is 5.82 Å². The van der Waals surface area contributed by atoms with Crippen LogP contribution in [-0.2, 0) is 9.53 Å². The van der Waals surface area contributed by atoms with Crippen molar-refractivity contribution in [2.75, 3.05) is 25.5 Å². The molecule has 2 aliphatic rings. The van der Waals surface area contributed by atoms with E-state index in [0.29, 0.717) is 18.5 Å². The molecule has 2 fully saturated rings. The van der Waals surface area contributed by atoms with E-state index in [9.17, 15) is 9.18 Å². The molecule has 1 aliphatic heterocycles. The maximum Gasteiger partial charge on any atom is 0.256 e. The molecule has 1 aliphatic carbocycles. The summed E-state index contributed by atoms with van der Waals surface area (Å²) in [6.07, 6.45) is 5.51. The minimum absolute atomic E-state index is 0.103. The van der Waals surface area contributed by atoms with Crippen LogP contribution in [0.4, 0.5) is 10.1 Å². The number of piperidine rings is 1. The number of nitrogens with one attached hydrogen (secondary N) is 2. The first-order valence-corrected chi connectivity index (χ1v) is 8.66. The van der Waals surface area contributed by atoms with Gasteiger partial charge in [0.25, 0.3) is 5.91 Å². The van der Waals surface area contributed by atoms with Gasteiger partial charge in [-0.1, -0.05) is 0 Å². The van der Waals surface area contributed by atoms with E-state index in [1.165, 1.54) is 6.07 Å². The van der Waals surface area contributed by atoms with Gasteiger partial charge in [-0.15, -0.1) is 0 Å². The Morgan fingerprint density at radius 1 is 1.29 bits per heavy atom. The first-order valence-electron chi connectivity index (χ1n) is 8.66. The molecule has 1 aromatic carbocycles. The second-order valence-electron chi connectivity index (χ2n) is 6.57. The van der Waals surface area contributed by atoms with Gasteiger partial charge in [-0.3, -0.25) is 4.79 Å². The molecule has 3 rings (SSSR count). The van der Waals surface area contributed by atoms with Gasteiger partial charge < -0.3 is 20.1 Å². The summed E-state index contributed by atoms with van der Waals surface area (Å²) < 4.78 is 25.4. The number of hydrogen-bond acceptors (Lipinski definition) is 4. The zero-order valence-electron chi connectivity index (χ0n) is 14.1. The summed E-state index contributed by atoms with van der Waals surface area (Å²) in [6, 6.07) is 4.58. The lowest BCUT2D eigenvalue weighted by atomic mass is 9.91. The minimum atomic E-state index is -0.846. The fraction of sp³-hybridized carbons (Fsp3) is 0.611. The molecule has 0 aromatic heterocycles. The van der Waals surface area contributed by atoms with E-state index < -0.39 is 11.4 Å². The first-order chi connectivity index (χ1) is 11.6. The maximum absolute atomic E-state index is 14.3. The van der Waals surface area contributed by atoms with Gasteiger partial charge in [0, 0.05) is 18.9 Å². The zero-order chi connectivity index (χ0) is 17.0. The first kappa shape index (κ1) is 17.2. The molecule has 0 spiro atoms. The number of anilines is 1. The third-order valence-corrected chi connectivity index (χ3v) is 5.00. The van der Waals surface area contributed by atoms with Gasteiger partial charge in [-0.05, 0) is 63.7 Å². The van der Waals surface area contributed by atoms with Gasteiger partial charge in [0.05, 0.1) is 6.10 Å². The van der Waals surface area contributed by atoms with Gasteiger partial charge in [0.15, 0.2) is 11.6 Å². The van der Waals surface area contributed by atoms with Gasteiger partial charge in [0.2, 0.25) is 0 Å².